The van der Waals surface area contributed by atoms with E-state index in [1.54, 1.807) is 11.4 Å². The van der Waals surface area contributed by atoms with Crippen LogP contribution in [0.2, 0.25) is 0 Å². The summed E-state index contributed by atoms with van der Waals surface area (Å²) in [6.45, 7) is 1.15. The quantitative estimate of drug-likeness (QED) is 0.617. The Labute approximate surface area is 97.3 Å². The molecule has 1 aromatic heterocycles. The minimum Gasteiger partial charge on any atom is -0.477 e. The molecule has 6 heteroatoms. The number of primary amides is 1. The van der Waals surface area contributed by atoms with Crippen molar-refractivity contribution >= 4 is 23.2 Å². The Morgan fingerprint density at radius 2 is 2.25 bits per heavy atom. The molecule has 1 heterocycles. The molecule has 4 N–H and O–H groups in total. The van der Waals surface area contributed by atoms with Crippen LogP contribution in [0.5, 0.6) is 0 Å². The van der Waals surface area contributed by atoms with Crippen molar-refractivity contribution in [2.75, 3.05) is 6.54 Å². The first-order chi connectivity index (χ1) is 7.61. The highest BCUT2D eigenvalue weighted by molar-refractivity contribution is 7.12. The Hall–Kier alpha value is -1.40. The highest BCUT2D eigenvalue weighted by atomic mass is 32.1. The average molecular weight is 242 g/mol. The number of hydrogen-bond acceptors (Lipinski definition) is 4. The number of carbonyl (C=O) groups is 2. The summed E-state index contributed by atoms with van der Waals surface area (Å²) in [7, 11) is 0. The second-order valence-electron chi connectivity index (χ2n) is 3.33. The molecule has 5 nitrogen and oxygen atoms in total. The molecule has 0 fully saturated rings. The Bertz CT molecular complexity index is 376. The molecular formula is C10H14N2O3S. The second kappa shape index (κ2) is 6.24. The van der Waals surface area contributed by atoms with Crippen molar-refractivity contribution in [2.45, 2.75) is 19.4 Å². The van der Waals surface area contributed by atoms with Gasteiger partial charge in [0, 0.05) is 13.0 Å². The van der Waals surface area contributed by atoms with Crippen molar-refractivity contribution in [3.05, 3.63) is 21.9 Å². The number of hydrogen-bond donors (Lipinski definition) is 3. The van der Waals surface area contributed by atoms with Crippen molar-refractivity contribution in [1.29, 1.82) is 0 Å². The maximum atomic E-state index is 10.8. The molecule has 0 aliphatic rings. The van der Waals surface area contributed by atoms with E-state index in [-0.39, 0.29) is 5.91 Å². The predicted octanol–water partition coefficient (Wildman–Crippen LogP) is 0.801. The lowest BCUT2D eigenvalue weighted by molar-refractivity contribution is -0.118. The lowest BCUT2D eigenvalue weighted by Gasteiger charge is -2.03. The zero-order valence-corrected chi connectivity index (χ0v) is 9.55. The molecule has 16 heavy (non-hydrogen) atoms. The Kier molecular flexibility index (Phi) is 4.94. The number of nitrogens with one attached hydrogen (secondary N) is 1. The third kappa shape index (κ3) is 4.00. The first-order valence-corrected chi connectivity index (χ1v) is 5.78. The van der Waals surface area contributed by atoms with E-state index in [1.165, 1.54) is 11.3 Å². The van der Waals surface area contributed by atoms with E-state index >= 15 is 0 Å². The molecule has 1 aromatic rings. The zero-order valence-electron chi connectivity index (χ0n) is 8.73. The fourth-order valence-electron chi connectivity index (χ4n) is 1.27. The lowest BCUT2D eigenvalue weighted by atomic mass is 10.2. The molecule has 0 bridgehead atoms. The van der Waals surface area contributed by atoms with Crippen molar-refractivity contribution in [3.8, 4) is 0 Å². The van der Waals surface area contributed by atoms with Crippen LogP contribution >= 0.6 is 11.3 Å². The number of rotatable bonds is 7. The van der Waals surface area contributed by atoms with Gasteiger partial charge in [-0.15, -0.1) is 11.3 Å². The third-order valence-corrected chi connectivity index (χ3v) is 2.98. The normalized spacial score (nSPS) is 10.2. The second-order valence-corrected chi connectivity index (χ2v) is 4.24. The van der Waals surface area contributed by atoms with Crippen LogP contribution in [0.3, 0.4) is 0 Å². The van der Waals surface area contributed by atoms with Gasteiger partial charge in [0.25, 0.3) is 0 Å². The van der Waals surface area contributed by atoms with Crippen LogP contribution in [0.15, 0.2) is 11.4 Å². The maximum Gasteiger partial charge on any atom is 0.346 e. The van der Waals surface area contributed by atoms with E-state index in [1.807, 2.05) is 0 Å². The van der Waals surface area contributed by atoms with Gasteiger partial charge >= 0.3 is 5.97 Å². The summed E-state index contributed by atoms with van der Waals surface area (Å²) in [4.78, 5) is 21.6. The number of carboxylic acids is 1. The van der Waals surface area contributed by atoms with Gasteiger partial charge in [-0.2, -0.15) is 0 Å². The Morgan fingerprint density at radius 1 is 1.50 bits per heavy atom. The first-order valence-electron chi connectivity index (χ1n) is 4.90. The van der Waals surface area contributed by atoms with E-state index in [0.29, 0.717) is 30.8 Å². The smallest absolute Gasteiger partial charge is 0.346 e. The average Bonchev–Trinajstić information content (AvgIpc) is 2.65. The maximum absolute atomic E-state index is 10.8. The van der Waals surface area contributed by atoms with Crippen LogP contribution in [-0.2, 0) is 11.3 Å². The van der Waals surface area contributed by atoms with Gasteiger partial charge in [0.15, 0.2) is 0 Å². The minimum atomic E-state index is -0.899. The van der Waals surface area contributed by atoms with Gasteiger partial charge in [-0.25, -0.2) is 4.79 Å². The number of thiophene rings is 1. The van der Waals surface area contributed by atoms with Crippen LogP contribution in [0.1, 0.15) is 28.1 Å². The molecule has 0 spiro atoms. The third-order valence-electron chi connectivity index (χ3n) is 2.03. The van der Waals surface area contributed by atoms with Gasteiger partial charge in [0.2, 0.25) is 5.91 Å². The Balaban J connectivity index is 2.29. The van der Waals surface area contributed by atoms with Crippen LogP contribution in [0.4, 0.5) is 0 Å². The van der Waals surface area contributed by atoms with Gasteiger partial charge in [0.1, 0.15) is 4.88 Å². The van der Waals surface area contributed by atoms with Crippen molar-refractivity contribution in [2.24, 2.45) is 5.73 Å². The lowest BCUT2D eigenvalue weighted by Crippen LogP contribution is -2.18. The first kappa shape index (κ1) is 12.7. The molecule has 88 valence electrons. The fourth-order valence-corrected chi connectivity index (χ4v) is 2.03. The van der Waals surface area contributed by atoms with E-state index < -0.39 is 5.97 Å². The highest BCUT2D eigenvalue weighted by Gasteiger charge is 2.10. The topological polar surface area (TPSA) is 92.4 Å². The molecule has 0 unspecified atom stereocenters. The minimum absolute atomic E-state index is 0.316. The van der Waals surface area contributed by atoms with Crippen LogP contribution in [0.25, 0.3) is 0 Å². The summed E-state index contributed by atoms with van der Waals surface area (Å²) in [6, 6.07) is 1.79. The van der Waals surface area contributed by atoms with Gasteiger partial charge in [-0.3, -0.25) is 4.79 Å². The van der Waals surface area contributed by atoms with Gasteiger partial charge in [-0.05, 0) is 30.0 Å². The monoisotopic (exact) mass is 242 g/mol. The summed E-state index contributed by atoms with van der Waals surface area (Å²) in [5.41, 5.74) is 5.76. The fraction of sp³-hybridized carbons (Fsp3) is 0.400. The zero-order chi connectivity index (χ0) is 12.0. The molecule has 0 aliphatic carbocycles. The summed E-state index contributed by atoms with van der Waals surface area (Å²) in [5.74, 6) is -1.22. The molecular weight excluding hydrogens is 228 g/mol. The van der Waals surface area contributed by atoms with E-state index in [0.717, 1.165) is 5.56 Å². The molecule has 0 aromatic carbocycles. The van der Waals surface area contributed by atoms with E-state index in [9.17, 15) is 9.59 Å². The largest absolute Gasteiger partial charge is 0.477 e. The molecule has 1 rings (SSSR count). The molecule has 0 saturated heterocycles. The van der Waals surface area contributed by atoms with E-state index in [2.05, 4.69) is 5.32 Å². The molecule has 0 radical (unpaired) electrons. The summed E-state index contributed by atoms with van der Waals surface area (Å²) < 4.78 is 0. The number of amides is 1. The molecule has 0 atom stereocenters. The predicted molar refractivity (Wildman–Crippen MR) is 61.4 cm³/mol. The van der Waals surface area contributed by atoms with Crippen LogP contribution in [0, 0.1) is 0 Å². The van der Waals surface area contributed by atoms with Gasteiger partial charge in [-0.1, -0.05) is 0 Å². The highest BCUT2D eigenvalue weighted by Crippen LogP contribution is 2.16. The number of aromatic carboxylic acids is 1. The molecule has 0 aliphatic heterocycles. The number of carboxylic acid groups (broad SMARTS) is 1. The van der Waals surface area contributed by atoms with Gasteiger partial charge in [0.05, 0.1) is 0 Å². The van der Waals surface area contributed by atoms with E-state index in [4.69, 9.17) is 10.8 Å². The van der Waals surface area contributed by atoms with Gasteiger partial charge < -0.3 is 16.2 Å². The number of nitrogens with two attached hydrogens (primary N) is 1. The van der Waals surface area contributed by atoms with Crippen LogP contribution in [-0.4, -0.2) is 23.5 Å². The summed E-state index contributed by atoms with van der Waals surface area (Å²) >= 11 is 1.21. The van der Waals surface area contributed by atoms with Crippen molar-refractivity contribution in [1.82, 2.24) is 5.32 Å². The van der Waals surface area contributed by atoms with Crippen molar-refractivity contribution in [3.63, 3.8) is 0 Å². The number of carbonyl (C=O) groups excluding carboxylic acids is 1. The van der Waals surface area contributed by atoms with Crippen molar-refractivity contribution < 1.29 is 14.7 Å². The summed E-state index contributed by atoms with van der Waals surface area (Å²) in [5, 5.41) is 13.7. The van der Waals surface area contributed by atoms with Crippen LogP contribution < -0.4 is 11.1 Å². The Morgan fingerprint density at radius 3 is 2.88 bits per heavy atom. The SMILES string of the molecule is NC(=O)CCCNCc1ccsc1C(=O)O. The molecule has 0 saturated carbocycles. The standard InChI is InChI=1S/C10H14N2O3S/c11-8(13)2-1-4-12-6-7-3-5-16-9(7)10(14)15/h3,5,12H,1-2,4,6H2,(H2,11,13)(H,14,15). The summed E-state index contributed by atoms with van der Waals surface area (Å²) in [6.07, 6.45) is 1.02. The molecule has 1 amide bonds.